The Morgan fingerprint density at radius 3 is 1.89 bits per heavy atom. The van der Waals surface area contributed by atoms with Crippen molar-refractivity contribution < 1.29 is 14.6 Å². The van der Waals surface area contributed by atoms with Gasteiger partial charge in [-0.2, -0.15) is 0 Å². The summed E-state index contributed by atoms with van der Waals surface area (Å²) < 4.78 is 10.7. The highest BCUT2D eigenvalue weighted by molar-refractivity contribution is 4.80. The van der Waals surface area contributed by atoms with Gasteiger partial charge in [-0.15, -0.1) is 0 Å². The fourth-order valence-electron chi connectivity index (χ4n) is 1.89. The largest absolute Gasteiger partial charge is 0.395 e. The number of nitrogens with two attached hydrogens (primary N) is 1. The first-order chi connectivity index (χ1) is 8.71. The first-order valence-electron chi connectivity index (χ1n) is 6.97. The number of nitrogens with zero attached hydrogens (tertiary/aromatic N) is 1. The molecule has 0 rings (SSSR count). The van der Waals surface area contributed by atoms with E-state index in [2.05, 4.69) is 4.90 Å². The predicted octanol–water partition coefficient (Wildman–Crippen LogP) is 0.460. The van der Waals surface area contributed by atoms with E-state index >= 15 is 0 Å². The third-order valence-corrected chi connectivity index (χ3v) is 3.08. The summed E-state index contributed by atoms with van der Waals surface area (Å²) in [5.41, 5.74) is 6.05. The maximum absolute atomic E-state index is 9.51. The third kappa shape index (κ3) is 7.28. The lowest BCUT2D eigenvalue weighted by atomic mass is 10.1. The van der Waals surface area contributed by atoms with E-state index in [0.29, 0.717) is 26.4 Å². The van der Waals surface area contributed by atoms with Gasteiger partial charge in [0.15, 0.2) is 0 Å². The van der Waals surface area contributed by atoms with Crippen LogP contribution in [0.5, 0.6) is 0 Å². The molecule has 0 aliphatic heterocycles. The first kappa shape index (κ1) is 17.8. The molecule has 0 spiro atoms. The minimum Gasteiger partial charge on any atom is -0.395 e. The van der Waals surface area contributed by atoms with Crippen molar-refractivity contribution in [3.63, 3.8) is 0 Å². The van der Waals surface area contributed by atoms with Crippen LogP contribution in [0.2, 0.25) is 0 Å². The average molecular weight is 262 g/mol. The normalized spacial score (nSPS) is 15.0. The van der Waals surface area contributed by atoms with Crippen LogP contribution in [0.15, 0.2) is 0 Å². The number of ether oxygens (including phenoxy) is 2. The topological polar surface area (TPSA) is 68.0 Å². The fraction of sp³-hybridized carbons (Fsp3) is 1.00. The van der Waals surface area contributed by atoms with Crippen molar-refractivity contribution in [3.8, 4) is 0 Å². The van der Waals surface area contributed by atoms with Crippen molar-refractivity contribution in [2.24, 2.45) is 5.73 Å². The van der Waals surface area contributed by atoms with Crippen molar-refractivity contribution in [2.45, 2.75) is 39.3 Å². The van der Waals surface area contributed by atoms with Crippen molar-refractivity contribution >= 4 is 0 Å². The molecule has 0 saturated carbocycles. The van der Waals surface area contributed by atoms with Crippen LogP contribution in [0.1, 0.15) is 27.2 Å². The molecule has 3 N–H and O–H groups in total. The highest BCUT2D eigenvalue weighted by Gasteiger charge is 2.22. The molecule has 0 fully saturated rings. The van der Waals surface area contributed by atoms with Gasteiger partial charge in [-0.25, -0.2) is 0 Å². The number of hydrogen-bond donors (Lipinski definition) is 2. The second-order valence-corrected chi connectivity index (χ2v) is 4.25. The lowest BCUT2D eigenvalue weighted by Crippen LogP contribution is -2.51. The van der Waals surface area contributed by atoms with Crippen molar-refractivity contribution in [1.29, 1.82) is 0 Å². The summed E-state index contributed by atoms with van der Waals surface area (Å²) >= 11 is 0. The zero-order chi connectivity index (χ0) is 13.8. The Morgan fingerprint density at radius 2 is 1.56 bits per heavy atom. The molecule has 5 nitrogen and oxygen atoms in total. The Bertz CT molecular complexity index is 172. The van der Waals surface area contributed by atoms with Gasteiger partial charge in [0, 0.05) is 38.4 Å². The van der Waals surface area contributed by atoms with Crippen LogP contribution >= 0.6 is 0 Å². The molecular formula is C13H30N2O3. The van der Waals surface area contributed by atoms with Gasteiger partial charge in [0.05, 0.1) is 19.8 Å². The van der Waals surface area contributed by atoms with Crippen LogP contribution in [-0.2, 0) is 9.47 Å². The van der Waals surface area contributed by atoms with E-state index in [1.54, 1.807) is 0 Å². The summed E-state index contributed by atoms with van der Waals surface area (Å²) in [6, 6.07) is -0.0332. The Balaban J connectivity index is 4.29. The molecule has 0 aliphatic carbocycles. The van der Waals surface area contributed by atoms with Gasteiger partial charge in [0.2, 0.25) is 0 Å². The highest BCUT2D eigenvalue weighted by Crippen LogP contribution is 2.06. The van der Waals surface area contributed by atoms with E-state index in [0.717, 1.165) is 19.5 Å². The SMILES string of the molecule is CCOCCN(CCOCC)C(CO)C(N)CC. The first-order valence-corrected chi connectivity index (χ1v) is 6.97. The van der Waals surface area contributed by atoms with Gasteiger partial charge >= 0.3 is 0 Å². The van der Waals surface area contributed by atoms with Crippen LogP contribution in [0.3, 0.4) is 0 Å². The van der Waals surface area contributed by atoms with E-state index in [1.165, 1.54) is 0 Å². The Kier molecular flexibility index (Phi) is 11.7. The van der Waals surface area contributed by atoms with Crippen molar-refractivity contribution in [3.05, 3.63) is 0 Å². The smallest absolute Gasteiger partial charge is 0.0601 e. The highest BCUT2D eigenvalue weighted by atomic mass is 16.5. The Labute approximate surface area is 111 Å². The zero-order valence-electron chi connectivity index (χ0n) is 12.1. The molecule has 110 valence electrons. The van der Waals surface area contributed by atoms with Crippen LogP contribution in [0, 0.1) is 0 Å². The van der Waals surface area contributed by atoms with Crippen molar-refractivity contribution in [2.75, 3.05) is 46.1 Å². The zero-order valence-corrected chi connectivity index (χ0v) is 12.1. The molecule has 0 heterocycles. The monoisotopic (exact) mass is 262 g/mol. The maximum Gasteiger partial charge on any atom is 0.0601 e. The van der Waals surface area contributed by atoms with E-state index in [4.69, 9.17) is 15.2 Å². The van der Waals surface area contributed by atoms with Gasteiger partial charge in [-0.3, -0.25) is 4.90 Å². The molecule has 0 radical (unpaired) electrons. The molecule has 0 aromatic rings. The summed E-state index contributed by atoms with van der Waals surface area (Å²) in [6.07, 6.45) is 0.852. The summed E-state index contributed by atoms with van der Waals surface area (Å²) in [5.74, 6) is 0. The van der Waals surface area contributed by atoms with Crippen molar-refractivity contribution in [1.82, 2.24) is 4.90 Å². The molecule has 0 aromatic heterocycles. The second-order valence-electron chi connectivity index (χ2n) is 4.25. The molecule has 0 saturated heterocycles. The maximum atomic E-state index is 9.51. The quantitative estimate of drug-likeness (QED) is 0.500. The number of aliphatic hydroxyl groups is 1. The summed E-state index contributed by atoms with van der Waals surface area (Å²) in [5, 5.41) is 9.51. The van der Waals surface area contributed by atoms with Gasteiger partial charge in [0.1, 0.15) is 0 Å². The van der Waals surface area contributed by atoms with Crippen LogP contribution in [0.4, 0.5) is 0 Å². The van der Waals surface area contributed by atoms with E-state index in [-0.39, 0.29) is 18.7 Å². The Hall–Kier alpha value is -0.200. The van der Waals surface area contributed by atoms with E-state index in [9.17, 15) is 5.11 Å². The molecule has 18 heavy (non-hydrogen) atoms. The molecule has 0 amide bonds. The summed E-state index contributed by atoms with van der Waals surface area (Å²) in [7, 11) is 0. The fourth-order valence-corrected chi connectivity index (χ4v) is 1.89. The average Bonchev–Trinajstić information content (AvgIpc) is 2.39. The number of hydrogen-bond acceptors (Lipinski definition) is 5. The lowest BCUT2D eigenvalue weighted by molar-refractivity contribution is 0.0367. The minimum absolute atomic E-state index is 0.0155. The summed E-state index contributed by atoms with van der Waals surface area (Å²) in [6.45, 7) is 10.4. The van der Waals surface area contributed by atoms with Gasteiger partial charge in [-0.05, 0) is 20.3 Å². The van der Waals surface area contributed by atoms with Gasteiger partial charge in [-0.1, -0.05) is 6.92 Å². The molecule has 2 atom stereocenters. The number of rotatable bonds is 12. The Morgan fingerprint density at radius 1 is 1.06 bits per heavy atom. The standard InChI is InChI=1S/C13H30N2O3/c1-4-12(14)13(11-16)15(7-9-17-5-2)8-10-18-6-3/h12-13,16H,4-11,14H2,1-3H3. The third-order valence-electron chi connectivity index (χ3n) is 3.08. The molecule has 0 aromatic carbocycles. The predicted molar refractivity (Wildman–Crippen MR) is 73.7 cm³/mol. The molecule has 0 aliphatic rings. The molecule has 2 unspecified atom stereocenters. The van der Waals surface area contributed by atoms with E-state index < -0.39 is 0 Å². The van der Waals surface area contributed by atoms with Crippen LogP contribution in [0.25, 0.3) is 0 Å². The van der Waals surface area contributed by atoms with Crippen LogP contribution in [-0.4, -0.2) is 68.2 Å². The van der Waals surface area contributed by atoms with Gasteiger partial charge in [0.25, 0.3) is 0 Å². The molecular weight excluding hydrogens is 232 g/mol. The molecule has 0 bridgehead atoms. The van der Waals surface area contributed by atoms with E-state index in [1.807, 2.05) is 20.8 Å². The molecule has 5 heteroatoms. The second kappa shape index (κ2) is 11.9. The minimum atomic E-state index is -0.0177. The van der Waals surface area contributed by atoms with Gasteiger partial charge < -0.3 is 20.3 Å². The lowest BCUT2D eigenvalue weighted by Gasteiger charge is -2.33. The number of aliphatic hydroxyl groups excluding tert-OH is 1. The van der Waals surface area contributed by atoms with Crippen LogP contribution < -0.4 is 5.73 Å². The summed E-state index contributed by atoms with van der Waals surface area (Å²) in [4.78, 5) is 2.17.